The van der Waals surface area contributed by atoms with Gasteiger partial charge in [0, 0.05) is 6.07 Å². The molecule has 142 valence electrons. The van der Waals surface area contributed by atoms with Crippen molar-refractivity contribution in [3.8, 4) is 0 Å². The minimum absolute atomic E-state index is 0.0289. The summed E-state index contributed by atoms with van der Waals surface area (Å²) in [5.41, 5.74) is 0.621. The predicted molar refractivity (Wildman–Crippen MR) is 104 cm³/mol. The minimum atomic E-state index is -3.83. The summed E-state index contributed by atoms with van der Waals surface area (Å²) in [6.07, 6.45) is 0.425. The number of rotatable bonds is 4. The van der Waals surface area contributed by atoms with Gasteiger partial charge in [-0.25, -0.2) is 21.5 Å². The van der Waals surface area contributed by atoms with Gasteiger partial charge in [0.1, 0.15) is 5.82 Å². The number of hydrogen-bond acceptors (Lipinski definition) is 5. The van der Waals surface area contributed by atoms with Crippen molar-refractivity contribution in [2.24, 2.45) is 0 Å². The van der Waals surface area contributed by atoms with E-state index in [0.717, 1.165) is 10.8 Å². The predicted octanol–water partition coefficient (Wildman–Crippen LogP) is 2.51. The van der Waals surface area contributed by atoms with Crippen LogP contribution in [0.25, 0.3) is 10.8 Å². The summed E-state index contributed by atoms with van der Waals surface area (Å²) in [6, 6.07) is 13.7. The second-order valence-electron chi connectivity index (χ2n) is 6.79. The van der Waals surface area contributed by atoms with E-state index in [4.69, 9.17) is 0 Å². The van der Waals surface area contributed by atoms with Gasteiger partial charge in [0.2, 0.25) is 0 Å². The molecule has 9 heteroatoms. The number of hydrogen-bond donors (Lipinski definition) is 1. The van der Waals surface area contributed by atoms with Crippen molar-refractivity contribution >= 4 is 36.5 Å². The summed E-state index contributed by atoms with van der Waals surface area (Å²) in [5.74, 6) is 0.342. The molecule has 1 aliphatic heterocycles. The van der Waals surface area contributed by atoms with Crippen LogP contribution in [0, 0.1) is 6.92 Å². The monoisotopic (exact) mass is 405 g/mol. The maximum atomic E-state index is 12.9. The first kappa shape index (κ1) is 18.0. The van der Waals surface area contributed by atoms with E-state index >= 15 is 0 Å². The molecule has 2 aromatic carbocycles. The van der Waals surface area contributed by atoms with Crippen LogP contribution in [0.5, 0.6) is 0 Å². The number of fused-ring (bicyclic) bond motifs is 1. The van der Waals surface area contributed by atoms with Gasteiger partial charge in [-0.3, -0.25) is 4.72 Å². The summed E-state index contributed by atoms with van der Waals surface area (Å²) < 4.78 is 53.4. The fourth-order valence-electron chi connectivity index (χ4n) is 3.37. The second-order valence-corrected chi connectivity index (χ2v) is 10.7. The molecule has 7 nitrogen and oxygen atoms in total. The molecule has 2 heterocycles. The molecule has 1 atom stereocenters. The molecule has 4 rings (SSSR count). The van der Waals surface area contributed by atoms with Crippen LogP contribution in [0.1, 0.15) is 18.2 Å². The zero-order valence-electron chi connectivity index (χ0n) is 14.7. The van der Waals surface area contributed by atoms with Crippen LogP contribution in [0.3, 0.4) is 0 Å². The molecular weight excluding hydrogens is 386 g/mol. The number of sulfonamides is 1. The molecule has 3 aromatic rings. The lowest BCUT2D eigenvalue weighted by Gasteiger charge is -2.15. The standard InChI is InChI=1S/C18H19N3O4S2/c1-13-10-18(21(19-13)16-8-9-26(22,23)12-16)20-27(24,25)17-7-6-14-4-2-3-5-15(14)11-17/h2-7,10-11,16,20H,8-9,12H2,1H3. The van der Waals surface area contributed by atoms with Crippen LogP contribution in [0.4, 0.5) is 5.82 Å². The second kappa shape index (κ2) is 6.35. The van der Waals surface area contributed by atoms with Crippen molar-refractivity contribution in [3.05, 3.63) is 54.2 Å². The van der Waals surface area contributed by atoms with Crippen LogP contribution < -0.4 is 4.72 Å². The number of nitrogens with one attached hydrogen (secondary N) is 1. The summed E-state index contributed by atoms with van der Waals surface area (Å²) in [7, 11) is -6.94. The molecule has 0 bridgehead atoms. The van der Waals surface area contributed by atoms with E-state index in [0.29, 0.717) is 12.1 Å². The van der Waals surface area contributed by atoms with Crippen molar-refractivity contribution in [2.75, 3.05) is 16.2 Å². The first-order valence-electron chi connectivity index (χ1n) is 8.52. The third kappa shape index (κ3) is 3.57. The SMILES string of the molecule is Cc1cc(NS(=O)(=O)c2ccc3ccccc3c2)n(C2CCS(=O)(=O)C2)n1. The Labute approximate surface area is 158 Å². The average Bonchev–Trinajstić information content (AvgIpc) is 3.15. The topological polar surface area (TPSA) is 98.1 Å². The van der Waals surface area contributed by atoms with Gasteiger partial charge in [0.25, 0.3) is 10.0 Å². The number of sulfone groups is 1. The Kier molecular flexibility index (Phi) is 4.23. The Morgan fingerprint density at radius 2 is 1.85 bits per heavy atom. The van der Waals surface area contributed by atoms with Gasteiger partial charge in [-0.2, -0.15) is 5.10 Å². The molecule has 0 saturated carbocycles. The van der Waals surface area contributed by atoms with Crippen molar-refractivity contribution in [2.45, 2.75) is 24.3 Å². The van der Waals surface area contributed by atoms with Crippen molar-refractivity contribution < 1.29 is 16.8 Å². The van der Waals surface area contributed by atoms with Gasteiger partial charge in [0.05, 0.1) is 28.1 Å². The van der Waals surface area contributed by atoms with E-state index in [1.807, 2.05) is 24.3 Å². The molecule has 0 spiro atoms. The molecule has 1 saturated heterocycles. The number of nitrogens with zero attached hydrogens (tertiary/aromatic N) is 2. The number of aromatic nitrogens is 2. The molecule has 0 aliphatic carbocycles. The highest BCUT2D eigenvalue weighted by Crippen LogP contribution is 2.29. The van der Waals surface area contributed by atoms with Crippen LogP contribution in [0.2, 0.25) is 0 Å². The van der Waals surface area contributed by atoms with Crippen LogP contribution >= 0.6 is 0 Å². The van der Waals surface area contributed by atoms with E-state index in [2.05, 4.69) is 9.82 Å². The zero-order chi connectivity index (χ0) is 19.2. The van der Waals surface area contributed by atoms with E-state index in [9.17, 15) is 16.8 Å². The molecule has 1 aliphatic rings. The molecule has 1 aromatic heterocycles. The lowest BCUT2D eigenvalue weighted by molar-refractivity contribution is 0.503. The summed E-state index contributed by atoms with van der Waals surface area (Å²) in [6.45, 7) is 1.74. The quantitative estimate of drug-likeness (QED) is 0.719. The molecule has 0 radical (unpaired) electrons. The fourth-order valence-corrected chi connectivity index (χ4v) is 6.14. The van der Waals surface area contributed by atoms with Gasteiger partial charge in [0.15, 0.2) is 9.84 Å². The number of aryl methyl sites for hydroxylation is 1. The van der Waals surface area contributed by atoms with Crippen LogP contribution in [0.15, 0.2) is 53.4 Å². The third-order valence-corrected chi connectivity index (χ3v) is 7.79. The van der Waals surface area contributed by atoms with Crippen LogP contribution in [-0.2, 0) is 19.9 Å². The molecular formula is C18H19N3O4S2. The Morgan fingerprint density at radius 1 is 1.11 bits per heavy atom. The lowest BCUT2D eigenvalue weighted by atomic mass is 10.1. The zero-order valence-corrected chi connectivity index (χ0v) is 16.3. The van der Waals surface area contributed by atoms with Crippen molar-refractivity contribution in [1.29, 1.82) is 0 Å². The Balaban J connectivity index is 1.68. The third-order valence-electron chi connectivity index (χ3n) is 4.68. The van der Waals surface area contributed by atoms with E-state index < -0.39 is 19.9 Å². The molecule has 27 heavy (non-hydrogen) atoms. The van der Waals surface area contributed by atoms with Gasteiger partial charge >= 0.3 is 0 Å². The first-order chi connectivity index (χ1) is 12.7. The maximum absolute atomic E-state index is 12.9. The highest BCUT2D eigenvalue weighted by Gasteiger charge is 2.32. The molecule has 1 N–H and O–H groups in total. The van der Waals surface area contributed by atoms with Gasteiger partial charge in [-0.15, -0.1) is 0 Å². The smallest absolute Gasteiger partial charge is 0.263 e. The van der Waals surface area contributed by atoms with E-state index in [1.165, 1.54) is 4.68 Å². The normalized spacial score (nSPS) is 19.4. The van der Waals surface area contributed by atoms with Gasteiger partial charge in [-0.1, -0.05) is 30.3 Å². The summed E-state index contributed by atoms with van der Waals surface area (Å²) in [4.78, 5) is 0.144. The van der Waals surface area contributed by atoms with Crippen molar-refractivity contribution in [3.63, 3.8) is 0 Å². The number of benzene rings is 2. The minimum Gasteiger partial charge on any atom is -0.264 e. The molecule has 1 fully saturated rings. The highest BCUT2D eigenvalue weighted by molar-refractivity contribution is 7.92. The lowest BCUT2D eigenvalue weighted by Crippen LogP contribution is -2.20. The number of anilines is 1. The maximum Gasteiger partial charge on any atom is 0.263 e. The van der Waals surface area contributed by atoms with Crippen LogP contribution in [-0.4, -0.2) is 38.1 Å². The Morgan fingerprint density at radius 3 is 2.56 bits per heavy atom. The first-order valence-corrected chi connectivity index (χ1v) is 11.8. The molecule has 1 unspecified atom stereocenters. The fraction of sp³-hybridized carbons (Fsp3) is 0.278. The van der Waals surface area contributed by atoms with Gasteiger partial charge in [-0.05, 0) is 36.2 Å². The summed E-state index contributed by atoms with van der Waals surface area (Å²) >= 11 is 0. The van der Waals surface area contributed by atoms with E-state index in [-0.39, 0.29) is 28.3 Å². The molecule has 0 amide bonds. The average molecular weight is 406 g/mol. The highest BCUT2D eigenvalue weighted by atomic mass is 32.2. The van der Waals surface area contributed by atoms with Gasteiger partial charge < -0.3 is 0 Å². The Bertz CT molecular complexity index is 1230. The summed E-state index contributed by atoms with van der Waals surface area (Å²) in [5, 5.41) is 6.09. The largest absolute Gasteiger partial charge is 0.264 e. The van der Waals surface area contributed by atoms with Crippen molar-refractivity contribution in [1.82, 2.24) is 9.78 Å². The van der Waals surface area contributed by atoms with E-state index in [1.54, 1.807) is 31.2 Å². The Hall–Kier alpha value is -2.39.